The van der Waals surface area contributed by atoms with Gasteiger partial charge in [-0.2, -0.15) is 0 Å². The Balaban J connectivity index is 2.23. The molecule has 0 aromatic carbocycles. The van der Waals surface area contributed by atoms with Gasteiger partial charge >= 0.3 is 0 Å². The van der Waals surface area contributed by atoms with E-state index >= 15 is 0 Å². The van der Waals surface area contributed by atoms with Crippen molar-refractivity contribution in [2.45, 2.75) is 45.6 Å². The van der Waals surface area contributed by atoms with Gasteiger partial charge in [0.1, 0.15) is 5.69 Å². The van der Waals surface area contributed by atoms with Crippen LogP contribution in [0.4, 0.5) is 0 Å². The van der Waals surface area contributed by atoms with Crippen molar-refractivity contribution in [1.29, 1.82) is 0 Å². The van der Waals surface area contributed by atoms with Crippen LogP contribution in [0.2, 0.25) is 0 Å². The molecular formula is C14H20N2O. The Morgan fingerprint density at radius 3 is 2.59 bits per heavy atom. The van der Waals surface area contributed by atoms with Gasteiger partial charge in [0.05, 0.1) is 0 Å². The summed E-state index contributed by atoms with van der Waals surface area (Å²) in [7, 11) is 0. The molecule has 92 valence electrons. The van der Waals surface area contributed by atoms with E-state index in [4.69, 9.17) is 0 Å². The van der Waals surface area contributed by atoms with Gasteiger partial charge in [-0.15, -0.1) is 0 Å². The van der Waals surface area contributed by atoms with Crippen LogP contribution in [0.25, 0.3) is 0 Å². The van der Waals surface area contributed by atoms with Crippen LogP contribution < -0.4 is 0 Å². The lowest BCUT2D eigenvalue weighted by molar-refractivity contribution is 0.0152. The maximum atomic E-state index is 12.3. The quantitative estimate of drug-likeness (QED) is 0.785. The molecule has 1 fully saturated rings. The maximum absolute atomic E-state index is 12.3. The highest BCUT2D eigenvalue weighted by Gasteiger charge is 2.39. The molecule has 1 aliphatic rings. The SMILES string of the molecule is CC(C)c1cccc(C(=O)N2CCC2(C)C)n1. The van der Waals surface area contributed by atoms with Gasteiger partial charge in [-0.25, -0.2) is 4.98 Å². The van der Waals surface area contributed by atoms with Crippen LogP contribution in [0.3, 0.4) is 0 Å². The van der Waals surface area contributed by atoms with E-state index in [0.717, 1.165) is 18.7 Å². The molecule has 0 unspecified atom stereocenters. The third-order valence-electron chi connectivity index (χ3n) is 3.50. The van der Waals surface area contributed by atoms with Gasteiger partial charge in [0.15, 0.2) is 0 Å². The summed E-state index contributed by atoms with van der Waals surface area (Å²) >= 11 is 0. The van der Waals surface area contributed by atoms with Crippen molar-refractivity contribution >= 4 is 5.91 Å². The van der Waals surface area contributed by atoms with Crippen LogP contribution in [0.5, 0.6) is 0 Å². The molecule has 0 saturated carbocycles. The summed E-state index contributed by atoms with van der Waals surface area (Å²) in [6.45, 7) is 9.22. The molecule has 1 aromatic heterocycles. The van der Waals surface area contributed by atoms with Gasteiger partial charge < -0.3 is 4.90 Å². The fourth-order valence-corrected chi connectivity index (χ4v) is 2.08. The van der Waals surface area contributed by atoms with E-state index in [2.05, 4.69) is 32.7 Å². The minimum atomic E-state index is -0.00734. The van der Waals surface area contributed by atoms with Crippen molar-refractivity contribution < 1.29 is 4.79 Å². The second-order valence-electron chi connectivity index (χ2n) is 5.62. The zero-order valence-electron chi connectivity index (χ0n) is 11.0. The minimum Gasteiger partial charge on any atom is -0.332 e. The molecule has 17 heavy (non-hydrogen) atoms. The third kappa shape index (κ3) is 2.19. The molecule has 1 saturated heterocycles. The first-order valence-corrected chi connectivity index (χ1v) is 6.21. The van der Waals surface area contributed by atoms with Gasteiger partial charge in [-0.05, 0) is 38.3 Å². The Bertz CT molecular complexity index is 438. The van der Waals surface area contributed by atoms with E-state index in [1.807, 2.05) is 23.1 Å². The van der Waals surface area contributed by atoms with E-state index in [1.165, 1.54) is 0 Å². The molecule has 3 nitrogen and oxygen atoms in total. The number of rotatable bonds is 2. The average molecular weight is 232 g/mol. The molecular weight excluding hydrogens is 212 g/mol. The lowest BCUT2D eigenvalue weighted by Crippen LogP contribution is -2.58. The highest BCUT2D eigenvalue weighted by molar-refractivity contribution is 5.93. The second-order valence-corrected chi connectivity index (χ2v) is 5.62. The van der Waals surface area contributed by atoms with Gasteiger partial charge in [-0.1, -0.05) is 19.9 Å². The molecule has 0 N–H and O–H groups in total. The van der Waals surface area contributed by atoms with Crippen LogP contribution in [0.15, 0.2) is 18.2 Å². The van der Waals surface area contributed by atoms with Crippen LogP contribution in [0.1, 0.15) is 56.2 Å². The summed E-state index contributed by atoms with van der Waals surface area (Å²) in [6.07, 6.45) is 1.07. The van der Waals surface area contributed by atoms with Crippen molar-refractivity contribution in [3.8, 4) is 0 Å². The first kappa shape index (κ1) is 12.1. The maximum Gasteiger partial charge on any atom is 0.272 e. The molecule has 0 atom stereocenters. The summed E-state index contributed by atoms with van der Waals surface area (Å²) in [5.74, 6) is 0.413. The van der Waals surface area contributed by atoms with Crippen molar-refractivity contribution in [3.63, 3.8) is 0 Å². The predicted octanol–water partition coefficient (Wildman–Crippen LogP) is 2.83. The van der Waals surface area contributed by atoms with Crippen molar-refractivity contribution in [2.75, 3.05) is 6.54 Å². The lowest BCUT2D eigenvalue weighted by Gasteiger charge is -2.48. The predicted molar refractivity (Wildman–Crippen MR) is 68.1 cm³/mol. The van der Waals surface area contributed by atoms with Gasteiger partial charge in [0.2, 0.25) is 0 Å². The second kappa shape index (κ2) is 4.13. The summed E-state index contributed by atoms with van der Waals surface area (Å²) < 4.78 is 0. The van der Waals surface area contributed by atoms with E-state index in [1.54, 1.807) is 0 Å². The largest absolute Gasteiger partial charge is 0.332 e. The normalized spacial score (nSPS) is 18.1. The van der Waals surface area contributed by atoms with E-state index in [0.29, 0.717) is 11.6 Å². The van der Waals surface area contributed by atoms with E-state index in [-0.39, 0.29) is 11.4 Å². The number of carbonyl (C=O) groups is 1. The van der Waals surface area contributed by atoms with Gasteiger partial charge in [-0.3, -0.25) is 4.79 Å². The summed E-state index contributed by atoms with van der Waals surface area (Å²) in [6, 6.07) is 5.70. The number of nitrogens with zero attached hydrogens (tertiary/aromatic N) is 2. The van der Waals surface area contributed by atoms with Crippen molar-refractivity contribution in [3.05, 3.63) is 29.6 Å². The van der Waals surface area contributed by atoms with E-state index in [9.17, 15) is 4.79 Å². The number of hydrogen-bond donors (Lipinski definition) is 0. The summed E-state index contributed by atoms with van der Waals surface area (Å²) in [5, 5.41) is 0. The third-order valence-corrected chi connectivity index (χ3v) is 3.50. The number of carbonyl (C=O) groups excluding carboxylic acids is 1. The first-order valence-electron chi connectivity index (χ1n) is 6.21. The molecule has 3 heteroatoms. The monoisotopic (exact) mass is 232 g/mol. The number of hydrogen-bond acceptors (Lipinski definition) is 2. The van der Waals surface area contributed by atoms with Crippen LogP contribution >= 0.6 is 0 Å². The Kier molecular flexibility index (Phi) is 2.94. The minimum absolute atomic E-state index is 0.00734. The molecule has 0 spiro atoms. The fraction of sp³-hybridized carbons (Fsp3) is 0.571. The molecule has 1 aromatic rings. The topological polar surface area (TPSA) is 33.2 Å². The molecule has 1 amide bonds. The molecule has 0 aliphatic carbocycles. The Morgan fingerprint density at radius 2 is 2.12 bits per heavy atom. The number of pyridine rings is 1. The average Bonchev–Trinajstić information content (AvgIpc) is 2.28. The fourth-order valence-electron chi connectivity index (χ4n) is 2.08. The zero-order valence-corrected chi connectivity index (χ0v) is 11.0. The summed E-state index contributed by atoms with van der Waals surface area (Å²) in [4.78, 5) is 18.6. The highest BCUT2D eigenvalue weighted by Crippen LogP contribution is 2.30. The number of amides is 1. The molecule has 0 radical (unpaired) electrons. The van der Waals surface area contributed by atoms with Crippen molar-refractivity contribution in [2.24, 2.45) is 0 Å². The van der Waals surface area contributed by atoms with Crippen LogP contribution in [-0.2, 0) is 0 Å². The molecule has 2 rings (SSSR count). The Labute approximate surface area is 103 Å². The van der Waals surface area contributed by atoms with Crippen LogP contribution in [0, 0.1) is 0 Å². The van der Waals surface area contributed by atoms with Gasteiger partial charge in [0.25, 0.3) is 5.91 Å². The molecule has 1 aliphatic heterocycles. The lowest BCUT2D eigenvalue weighted by atomic mass is 9.88. The first-order chi connectivity index (χ1) is 7.92. The van der Waals surface area contributed by atoms with Crippen molar-refractivity contribution in [1.82, 2.24) is 9.88 Å². The molecule has 2 heterocycles. The Hall–Kier alpha value is -1.38. The van der Waals surface area contributed by atoms with Crippen LogP contribution in [-0.4, -0.2) is 27.9 Å². The van der Waals surface area contributed by atoms with E-state index < -0.39 is 0 Å². The Morgan fingerprint density at radius 1 is 1.41 bits per heavy atom. The highest BCUT2D eigenvalue weighted by atomic mass is 16.2. The standard InChI is InChI=1S/C14H20N2O/c1-10(2)11-6-5-7-12(15-11)13(17)16-9-8-14(16,3)4/h5-7,10H,8-9H2,1-4H3. The summed E-state index contributed by atoms with van der Waals surface area (Å²) in [5.41, 5.74) is 1.55. The number of likely N-dealkylation sites (tertiary alicyclic amines) is 1. The smallest absolute Gasteiger partial charge is 0.272 e. The van der Waals surface area contributed by atoms with Gasteiger partial charge in [0, 0.05) is 17.8 Å². The zero-order chi connectivity index (χ0) is 12.6. The number of aromatic nitrogens is 1. The molecule has 0 bridgehead atoms.